The molecule has 1 saturated carbocycles. The average molecular weight is 270 g/mol. The molecule has 20 heavy (non-hydrogen) atoms. The second-order valence-electron chi connectivity index (χ2n) is 6.53. The second kappa shape index (κ2) is 4.22. The fraction of sp³-hybridized carbons (Fsp3) is 0.562. The van der Waals surface area contributed by atoms with Crippen LogP contribution in [0, 0.1) is 0 Å². The molecule has 2 fully saturated rings. The van der Waals surface area contributed by atoms with Gasteiger partial charge in [-0.3, -0.25) is 9.89 Å². The van der Waals surface area contributed by atoms with Crippen molar-refractivity contribution in [3.63, 3.8) is 0 Å². The SMILES string of the molecule is CC1CC2(CN=C(N)N2c2ccccc2)CN1C1CC1. The minimum absolute atomic E-state index is 0.0768. The number of rotatable bonds is 2. The van der Waals surface area contributed by atoms with Gasteiger partial charge in [-0.15, -0.1) is 0 Å². The van der Waals surface area contributed by atoms with Crippen LogP contribution in [0.1, 0.15) is 26.2 Å². The smallest absolute Gasteiger partial charge is 0.196 e. The zero-order valence-electron chi connectivity index (χ0n) is 12.0. The molecule has 3 aliphatic rings. The van der Waals surface area contributed by atoms with E-state index in [1.807, 2.05) is 6.07 Å². The number of para-hydroxylation sites is 1. The molecule has 2 aliphatic heterocycles. The summed E-state index contributed by atoms with van der Waals surface area (Å²) >= 11 is 0. The van der Waals surface area contributed by atoms with Crippen molar-refractivity contribution in [3.05, 3.63) is 30.3 Å². The van der Waals surface area contributed by atoms with Gasteiger partial charge in [0.2, 0.25) is 0 Å². The highest BCUT2D eigenvalue weighted by Gasteiger charge is 2.53. The molecule has 1 aliphatic carbocycles. The summed E-state index contributed by atoms with van der Waals surface area (Å²) in [7, 11) is 0. The van der Waals surface area contributed by atoms with E-state index in [0.29, 0.717) is 12.0 Å². The summed E-state index contributed by atoms with van der Waals surface area (Å²) in [5.74, 6) is 0.682. The Morgan fingerprint density at radius 3 is 2.70 bits per heavy atom. The lowest BCUT2D eigenvalue weighted by Gasteiger charge is -2.36. The maximum absolute atomic E-state index is 6.21. The van der Waals surface area contributed by atoms with Crippen molar-refractivity contribution in [2.75, 3.05) is 18.0 Å². The molecular weight excluding hydrogens is 248 g/mol. The monoisotopic (exact) mass is 270 g/mol. The Kier molecular flexibility index (Phi) is 2.58. The van der Waals surface area contributed by atoms with Gasteiger partial charge >= 0.3 is 0 Å². The van der Waals surface area contributed by atoms with E-state index < -0.39 is 0 Å². The summed E-state index contributed by atoms with van der Waals surface area (Å²) < 4.78 is 0. The maximum Gasteiger partial charge on any atom is 0.196 e. The third-order valence-electron chi connectivity index (χ3n) is 4.99. The number of likely N-dealkylation sites (tertiary alicyclic amines) is 1. The zero-order valence-corrected chi connectivity index (χ0v) is 12.0. The number of anilines is 1. The highest BCUT2D eigenvalue weighted by atomic mass is 15.4. The minimum Gasteiger partial charge on any atom is -0.369 e. The first-order valence-electron chi connectivity index (χ1n) is 7.61. The number of hydrogen-bond donors (Lipinski definition) is 1. The van der Waals surface area contributed by atoms with Crippen molar-refractivity contribution in [1.82, 2.24) is 4.90 Å². The second-order valence-corrected chi connectivity index (χ2v) is 6.53. The highest BCUT2D eigenvalue weighted by Crippen LogP contribution is 2.43. The lowest BCUT2D eigenvalue weighted by Crippen LogP contribution is -2.53. The van der Waals surface area contributed by atoms with Crippen LogP contribution in [0.2, 0.25) is 0 Å². The van der Waals surface area contributed by atoms with Crippen molar-refractivity contribution in [2.24, 2.45) is 10.7 Å². The molecule has 0 bridgehead atoms. The van der Waals surface area contributed by atoms with Crippen molar-refractivity contribution in [1.29, 1.82) is 0 Å². The molecule has 2 heterocycles. The molecule has 0 aromatic heterocycles. The van der Waals surface area contributed by atoms with E-state index >= 15 is 0 Å². The first-order valence-corrected chi connectivity index (χ1v) is 7.61. The van der Waals surface area contributed by atoms with Gasteiger partial charge in [-0.25, -0.2) is 0 Å². The van der Waals surface area contributed by atoms with E-state index in [-0.39, 0.29) is 5.54 Å². The Labute approximate surface area is 120 Å². The van der Waals surface area contributed by atoms with Crippen LogP contribution in [-0.4, -0.2) is 41.6 Å². The molecule has 2 atom stereocenters. The van der Waals surface area contributed by atoms with E-state index in [1.54, 1.807) is 0 Å². The Hall–Kier alpha value is -1.55. The fourth-order valence-corrected chi connectivity index (χ4v) is 3.99. The molecule has 0 amide bonds. The van der Waals surface area contributed by atoms with Crippen LogP contribution in [0.5, 0.6) is 0 Å². The number of aliphatic imine (C=N–C) groups is 1. The summed E-state index contributed by atoms with van der Waals surface area (Å²) in [6.45, 7) is 4.28. The van der Waals surface area contributed by atoms with Gasteiger partial charge in [0.1, 0.15) is 0 Å². The van der Waals surface area contributed by atoms with Crippen molar-refractivity contribution in [3.8, 4) is 0 Å². The molecular formula is C16H22N4. The average Bonchev–Trinajstić information content (AvgIpc) is 3.17. The molecule has 1 aromatic carbocycles. The van der Waals surface area contributed by atoms with Crippen LogP contribution in [0.15, 0.2) is 35.3 Å². The van der Waals surface area contributed by atoms with Gasteiger partial charge in [-0.05, 0) is 38.3 Å². The lowest BCUT2D eigenvalue weighted by atomic mass is 9.94. The van der Waals surface area contributed by atoms with Crippen molar-refractivity contribution < 1.29 is 0 Å². The quantitative estimate of drug-likeness (QED) is 0.891. The summed E-state index contributed by atoms with van der Waals surface area (Å²) in [5.41, 5.74) is 7.46. The van der Waals surface area contributed by atoms with Crippen LogP contribution >= 0.6 is 0 Å². The van der Waals surface area contributed by atoms with Crippen LogP contribution in [0.25, 0.3) is 0 Å². The van der Waals surface area contributed by atoms with Crippen molar-refractivity contribution >= 4 is 11.6 Å². The van der Waals surface area contributed by atoms with Crippen LogP contribution in [0.3, 0.4) is 0 Å². The third kappa shape index (κ3) is 1.74. The first kappa shape index (κ1) is 12.2. The molecule has 2 N–H and O–H groups in total. The largest absolute Gasteiger partial charge is 0.369 e. The number of nitrogens with zero attached hydrogens (tertiary/aromatic N) is 3. The van der Waals surface area contributed by atoms with E-state index in [0.717, 1.165) is 25.6 Å². The van der Waals surface area contributed by atoms with E-state index in [4.69, 9.17) is 5.73 Å². The van der Waals surface area contributed by atoms with Gasteiger partial charge in [0.25, 0.3) is 0 Å². The Morgan fingerprint density at radius 2 is 2.00 bits per heavy atom. The number of nitrogens with two attached hydrogens (primary N) is 1. The summed E-state index contributed by atoms with van der Waals surface area (Å²) in [6, 6.07) is 11.9. The molecule has 4 rings (SSSR count). The molecule has 2 unspecified atom stereocenters. The normalized spacial score (nSPS) is 34.0. The van der Waals surface area contributed by atoms with E-state index in [1.165, 1.54) is 18.5 Å². The molecule has 4 nitrogen and oxygen atoms in total. The molecule has 1 aromatic rings. The Balaban J connectivity index is 1.68. The molecule has 1 spiro atoms. The Bertz CT molecular complexity index is 537. The molecule has 4 heteroatoms. The van der Waals surface area contributed by atoms with Gasteiger partial charge in [-0.1, -0.05) is 18.2 Å². The predicted molar refractivity (Wildman–Crippen MR) is 81.9 cm³/mol. The maximum atomic E-state index is 6.21. The summed E-state index contributed by atoms with van der Waals surface area (Å²) in [5, 5.41) is 0. The van der Waals surface area contributed by atoms with Gasteiger partial charge in [0.05, 0.1) is 12.1 Å². The third-order valence-corrected chi connectivity index (χ3v) is 4.99. The van der Waals surface area contributed by atoms with Crippen molar-refractivity contribution in [2.45, 2.75) is 43.8 Å². The first-order chi connectivity index (χ1) is 9.70. The topological polar surface area (TPSA) is 44.9 Å². The predicted octanol–water partition coefficient (Wildman–Crippen LogP) is 1.82. The van der Waals surface area contributed by atoms with E-state index in [2.05, 4.69) is 46.0 Å². The highest BCUT2D eigenvalue weighted by molar-refractivity contribution is 5.98. The van der Waals surface area contributed by atoms with Crippen LogP contribution < -0.4 is 10.6 Å². The van der Waals surface area contributed by atoms with E-state index in [9.17, 15) is 0 Å². The number of hydrogen-bond acceptors (Lipinski definition) is 4. The number of benzene rings is 1. The summed E-state index contributed by atoms with van der Waals surface area (Å²) in [4.78, 5) is 9.53. The minimum atomic E-state index is 0.0768. The van der Waals surface area contributed by atoms with Gasteiger partial charge in [0, 0.05) is 24.3 Å². The van der Waals surface area contributed by atoms with Gasteiger partial charge in [-0.2, -0.15) is 0 Å². The molecule has 0 radical (unpaired) electrons. The Morgan fingerprint density at radius 1 is 1.25 bits per heavy atom. The number of guanidine groups is 1. The van der Waals surface area contributed by atoms with Gasteiger partial charge in [0.15, 0.2) is 5.96 Å². The molecule has 1 saturated heterocycles. The zero-order chi connectivity index (χ0) is 13.7. The fourth-order valence-electron chi connectivity index (χ4n) is 3.99. The lowest BCUT2D eigenvalue weighted by molar-refractivity contribution is 0.251. The van der Waals surface area contributed by atoms with Gasteiger partial charge < -0.3 is 10.6 Å². The van der Waals surface area contributed by atoms with Crippen LogP contribution in [-0.2, 0) is 0 Å². The molecule has 106 valence electrons. The standard InChI is InChI=1S/C16H22N4/c1-12-9-16(11-19(12)13-7-8-13)10-18-15(17)20(16)14-5-3-2-4-6-14/h2-6,12-13H,7-11H2,1H3,(H2,17,18). The van der Waals surface area contributed by atoms with Crippen LogP contribution in [0.4, 0.5) is 5.69 Å². The summed E-state index contributed by atoms with van der Waals surface area (Å²) in [6.07, 6.45) is 3.88.